The van der Waals surface area contributed by atoms with Gasteiger partial charge in [-0.2, -0.15) is 0 Å². The van der Waals surface area contributed by atoms with E-state index in [9.17, 15) is 19.8 Å². The largest absolute Gasteiger partial charge is 0.462 e. The first-order valence-electron chi connectivity index (χ1n) is 6.88. The zero-order valence-corrected chi connectivity index (χ0v) is 12.1. The molecule has 0 bridgehead atoms. The number of aromatic nitrogens is 1. The number of hydrogen-bond donors (Lipinski definition) is 4. The molecule has 2 atom stereocenters. The Balaban J connectivity index is 2.53. The van der Waals surface area contributed by atoms with E-state index in [2.05, 4.69) is 4.98 Å². The number of aliphatic hydroxyl groups excluding tert-OH is 2. The molecule has 0 fully saturated rings. The standard InChI is InChI=1S/C15H18N2O5/c1-2-22-15(21)10-7-17-11-4-3-8(5-9(11)14(10)20)13(19)12(18)6-16/h3-5,7,12-13,18-19H,2,6,16H2,1H3,(H,17,20). The van der Waals surface area contributed by atoms with Gasteiger partial charge in [0.2, 0.25) is 5.43 Å². The third-order valence-electron chi connectivity index (χ3n) is 3.35. The summed E-state index contributed by atoms with van der Waals surface area (Å²) < 4.78 is 4.83. The zero-order valence-electron chi connectivity index (χ0n) is 12.1. The van der Waals surface area contributed by atoms with Crippen molar-refractivity contribution < 1.29 is 19.7 Å². The molecular weight excluding hydrogens is 288 g/mol. The molecule has 1 aromatic carbocycles. The van der Waals surface area contributed by atoms with Crippen molar-refractivity contribution in [2.24, 2.45) is 5.73 Å². The van der Waals surface area contributed by atoms with Gasteiger partial charge in [-0.15, -0.1) is 0 Å². The number of fused-ring (bicyclic) bond motifs is 1. The van der Waals surface area contributed by atoms with E-state index in [4.69, 9.17) is 10.5 Å². The number of carbonyl (C=O) groups is 1. The summed E-state index contributed by atoms with van der Waals surface area (Å²) in [6.07, 6.45) is -1.04. The number of benzene rings is 1. The third kappa shape index (κ3) is 3.01. The van der Waals surface area contributed by atoms with E-state index in [1.54, 1.807) is 19.1 Å². The van der Waals surface area contributed by atoms with Crippen LogP contribution >= 0.6 is 0 Å². The molecule has 0 radical (unpaired) electrons. The molecule has 22 heavy (non-hydrogen) atoms. The van der Waals surface area contributed by atoms with Gasteiger partial charge in [0.1, 0.15) is 11.7 Å². The maximum Gasteiger partial charge on any atom is 0.343 e. The molecule has 0 aliphatic rings. The van der Waals surface area contributed by atoms with Crippen LogP contribution in [0, 0.1) is 0 Å². The van der Waals surface area contributed by atoms with Crippen molar-refractivity contribution in [2.75, 3.05) is 13.2 Å². The number of hydrogen-bond acceptors (Lipinski definition) is 6. The fourth-order valence-electron chi connectivity index (χ4n) is 2.13. The van der Waals surface area contributed by atoms with Crippen molar-refractivity contribution >= 4 is 16.9 Å². The number of H-pyrrole nitrogens is 1. The van der Waals surface area contributed by atoms with Crippen molar-refractivity contribution in [1.29, 1.82) is 0 Å². The summed E-state index contributed by atoms with van der Waals surface area (Å²) in [6.45, 7) is 1.70. The SMILES string of the molecule is CCOC(=O)c1c[nH]c2ccc(C(O)C(O)CN)cc2c1=O. The van der Waals surface area contributed by atoms with Crippen LogP contribution in [0.25, 0.3) is 10.9 Å². The number of ether oxygens (including phenoxy) is 1. The Morgan fingerprint density at radius 2 is 2.14 bits per heavy atom. The third-order valence-corrected chi connectivity index (χ3v) is 3.35. The Hall–Kier alpha value is -2.22. The van der Waals surface area contributed by atoms with Crippen LogP contribution in [0.3, 0.4) is 0 Å². The quantitative estimate of drug-likeness (QED) is 0.579. The van der Waals surface area contributed by atoms with Gasteiger partial charge in [-0.3, -0.25) is 4.79 Å². The van der Waals surface area contributed by atoms with Crippen LogP contribution in [0.15, 0.2) is 29.2 Å². The molecule has 0 aliphatic carbocycles. The van der Waals surface area contributed by atoms with Gasteiger partial charge in [0, 0.05) is 23.6 Å². The van der Waals surface area contributed by atoms with E-state index in [-0.39, 0.29) is 24.1 Å². The minimum atomic E-state index is -1.21. The van der Waals surface area contributed by atoms with E-state index in [1.165, 1.54) is 12.3 Å². The van der Waals surface area contributed by atoms with E-state index >= 15 is 0 Å². The average molecular weight is 306 g/mol. The van der Waals surface area contributed by atoms with Gasteiger partial charge < -0.3 is 25.7 Å². The van der Waals surface area contributed by atoms with Crippen molar-refractivity contribution in [1.82, 2.24) is 4.98 Å². The molecule has 1 heterocycles. The molecule has 2 unspecified atom stereocenters. The molecule has 7 nitrogen and oxygen atoms in total. The average Bonchev–Trinajstić information content (AvgIpc) is 2.53. The van der Waals surface area contributed by atoms with Crippen LogP contribution in [0.2, 0.25) is 0 Å². The van der Waals surface area contributed by atoms with E-state index < -0.39 is 23.6 Å². The predicted octanol–water partition coefficient (Wildman–Crippen LogP) is 0.0578. The number of esters is 1. The first-order valence-corrected chi connectivity index (χ1v) is 6.88. The summed E-state index contributed by atoms with van der Waals surface area (Å²) in [4.78, 5) is 26.9. The number of rotatable bonds is 5. The smallest absolute Gasteiger partial charge is 0.343 e. The number of nitrogens with two attached hydrogens (primary N) is 1. The van der Waals surface area contributed by atoms with Gasteiger partial charge >= 0.3 is 5.97 Å². The highest BCUT2D eigenvalue weighted by Crippen LogP contribution is 2.20. The Morgan fingerprint density at radius 1 is 1.41 bits per heavy atom. The lowest BCUT2D eigenvalue weighted by atomic mass is 10.0. The number of aromatic amines is 1. The Labute approximate surface area is 126 Å². The maximum absolute atomic E-state index is 12.4. The number of aliphatic hydroxyl groups is 2. The lowest BCUT2D eigenvalue weighted by molar-refractivity contribution is 0.0244. The first kappa shape index (κ1) is 16.2. The molecule has 1 aromatic heterocycles. The summed E-state index contributed by atoms with van der Waals surface area (Å²) in [6, 6.07) is 4.60. The second-order valence-corrected chi connectivity index (χ2v) is 4.80. The Morgan fingerprint density at radius 3 is 2.77 bits per heavy atom. The fourth-order valence-corrected chi connectivity index (χ4v) is 2.13. The molecule has 0 saturated heterocycles. The van der Waals surface area contributed by atoms with Crippen LogP contribution in [0.1, 0.15) is 28.9 Å². The molecule has 2 rings (SSSR count). The fraction of sp³-hybridized carbons (Fsp3) is 0.333. The zero-order chi connectivity index (χ0) is 16.3. The van der Waals surface area contributed by atoms with Gasteiger partial charge in [-0.1, -0.05) is 6.07 Å². The molecule has 0 aliphatic heterocycles. The normalized spacial score (nSPS) is 13.8. The van der Waals surface area contributed by atoms with E-state index in [0.29, 0.717) is 11.1 Å². The molecule has 118 valence electrons. The second-order valence-electron chi connectivity index (χ2n) is 4.80. The lowest BCUT2D eigenvalue weighted by Gasteiger charge is -2.16. The van der Waals surface area contributed by atoms with Crippen molar-refractivity contribution in [3.63, 3.8) is 0 Å². The first-order chi connectivity index (χ1) is 10.5. The van der Waals surface area contributed by atoms with Crippen LogP contribution < -0.4 is 11.2 Å². The maximum atomic E-state index is 12.4. The Bertz CT molecular complexity index is 740. The van der Waals surface area contributed by atoms with E-state index in [1.807, 2.05) is 0 Å². The molecule has 5 N–H and O–H groups in total. The number of nitrogens with one attached hydrogen (secondary N) is 1. The highest BCUT2D eigenvalue weighted by molar-refractivity contribution is 5.93. The summed E-state index contributed by atoms with van der Waals surface area (Å²) in [7, 11) is 0. The molecule has 2 aromatic rings. The second kappa shape index (κ2) is 6.69. The summed E-state index contributed by atoms with van der Waals surface area (Å²) >= 11 is 0. The highest BCUT2D eigenvalue weighted by Gasteiger charge is 2.19. The number of carbonyl (C=O) groups excluding carboxylic acids is 1. The van der Waals surface area contributed by atoms with Gasteiger partial charge in [0.05, 0.1) is 12.7 Å². The monoisotopic (exact) mass is 306 g/mol. The van der Waals surface area contributed by atoms with Crippen molar-refractivity contribution in [3.05, 3.63) is 45.7 Å². The van der Waals surface area contributed by atoms with Crippen molar-refractivity contribution in [2.45, 2.75) is 19.1 Å². The summed E-state index contributed by atoms with van der Waals surface area (Å²) in [5.74, 6) is -0.710. The molecule has 7 heteroatoms. The van der Waals surface area contributed by atoms with Crippen molar-refractivity contribution in [3.8, 4) is 0 Å². The lowest BCUT2D eigenvalue weighted by Crippen LogP contribution is -2.27. The summed E-state index contributed by atoms with van der Waals surface area (Å²) in [5.41, 5.74) is 5.56. The van der Waals surface area contributed by atoms with Gasteiger partial charge in [-0.25, -0.2) is 4.79 Å². The number of pyridine rings is 1. The predicted molar refractivity (Wildman–Crippen MR) is 80.5 cm³/mol. The molecule has 0 saturated carbocycles. The van der Waals surface area contributed by atoms with Crippen LogP contribution in [-0.2, 0) is 4.74 Å². The topological polar surface area (TPSA) is 126 Å². The Kier molecular flexibility index (Phi) is 4.92. The molecule has 0 spiro atoms. The van der Waals surface area contributed by atoms with Gasteiger partial charge in [0.15, 0.2) is 0 Å². The van der Waals surface area contributed by atoms with Gasteiger partial charge in [0.25, 0.3) is 0 Å². The minimum Gasteiger partial charge on any atom is -0.462 e. The highest BCUT2D eigenvalue weighted by atomic mass is 16.5. The van der Waals surface area contributed by atoms with Crippen LogP contribution in [0.5, 0.6) is 0 Å². The molecule has 0 amide bonds. The van der Waals surface area contributed by atoms with Crippen LogP contribution in [0.4, 0.5) is 0 Å². The van der Waals surface area contributed by atoms with E-state index in [0.717, 1.165) is 0 Å². The summed E-state index contributed by atoms with van der Waals surface area (Å²) in [5, 5.41) is 19.8. The van der Waals surface area contributed by atoms with Crippen LogP contribution in [-0.4, -0.2) is 40.4 Å². The van der Waals surface area contributed by atoms with Gasteiger partial charge in [-0.05, 0) is 24.6 Å². The molecular formula is C15H18N2O5. The minimum absolute atomic E-state index is 0.111.